The monoisotopic (exact) mass is 292 g/mol. The lowest BCUT2D eigenvalue weighted by molar-refractivity contribution is -0.141. The van der Waals surface area contributed by atoms with E-state index in [4.69, 9.17) is 5.11 Å². The number of nitrogens with one attached hydrogen (secondary N) is 1. The van der Waals surface area contributed by atoms with E-state index in [1.165, 1.54) is 6.92 Å². The summed E-state index contributed by atoms with van der Waals surface area (Å²) < 4.78 is 0. The van der Waals surface area contributed by atoms with Crippen LogP contribution >= 0.6 is 0 Å². The number of nitrogens with zero attached hydrogens (tertiary/aromatic N) is 1. The highest BCUT2D eigenvalue weighted by molar-refractivity contribution is 5.96. The Bertz CT molecular complexity index is 556. The molecule has 1 aromatic carbocycles. The molecule has 0 aliphatic carbocycles. The lowest BCUT2D eigenvalue weighted by atomic mass is 10.2. The molecule has 1 atom stereocenters. The number of hydrogen-bond donors (Lipinski definition) is 3. The molecule has 0 aliphatic rings. The van der Waals surface area contributed by atoms with E-state index >= 15 is 0 Å². The number of para-hydroxylation sites is 1. The van der Waals surface area contributed by atoms with Gasteiger partial charge in [0.1, 0.15) is 6.54 Å². The van der Waals surface area contributed by atoms with Gasteiger partial charge in [-0.15, -0.1) is 0 Å². The van der Waals surface area contributed by atoms with Crippen molar-refractivity contribution in [2.75, 3.05) is 11.4 Å². The second-order valence-electron chi connectivity index (χ2n) is 4.35. The van der Waals surface area contributed by atoms with Gasteiger partial charge in [-0.2, -0.15) is 0 Å². The quantitative estimate of drug-likeness (QED) is 0.504. The summed E-state index contributed by atoms with van der Waals surface area (Å²) >= 11 is 0. The zero-order valence-electron chi connectivity index (χ0n) is 11.4. The Morgan fingerprint density at radius 2 is 1.81 bits per heavy atom. The molecule has 3 N–H and O–H groups in total. The van der Waals surface area contributed by atoms with Crippen LogP contribution in [0.15, 0.2) is 42.5 Å². The number of benzene rings is 1. The van der Waals surface area contributed by atoms with E-state index in [0.717, 1.165) is 4.90 Å². The summed E-state index contributed by atoms with van der Waals surface area (Å²) in [6.07, 6.45) is -1.51. The Hall–Kier alpha value is -2.83. The van der Waals surface area contributed by atoms with Gasteiger partial charge in [-0.05, 0) is 19.1 Å². The van der Waals surface area contributed by atoms with Crippen molar-refractivity contribution in [3.05, 3.63) is 42.5 Å². The number of aliphatic carboxylic acids is 2. The normalized spacial score (nSPS) is 11.3. The molecule has 1 amide bonds. The van der Waals surface area contributed by atoms with E-state index in [2.05, 4.69) is 11.9 Å². The van der Waals surface area contributed by atoms with E-state index in [0.29, 0.717) is 5.69 Å². The van der Waals surface area contributed by atoms with Crippen LogP contribution in [0.25, 0.3) is 0 Å². The highest BCUT2D eigenvalue weighted by Crippen LogP contribution is 2.15. The standard InChI is InChI=1S/C14H16N2O5/c1-9(2)13(19)15-12(14(20)21)16(8-11(17)18)10-6-4-3-5-7-10/h3-7,12H,1,8H2,2H3,(H,15,19)(H,17,18)(H,20,21). The number of carbonyl (C=O) groups excluding carboxylic acids is 1. The van der Waals surface area contributed by atoms with Crippen LogP contribution in [0.2, 0.25) is 0 Å². The topological polar surface area (TPSA) is 107 Å². The summed E-state index contributed by atoms with van der Waals surface area (Å²) in [5, 5.41) is 20.5. The van der Waals surface area contributed by atoms with Crippen LogP contribution in [0.5, 0.6) is 0 Å². The number of anilines is 1. The van der Waals surface area contributed by atoms with Gasteiger partial charge in [-0.1, -0.05) is 24.8 Å². The van der Waals surface area contributed by atoms with Crippen LogP contribution in [0.4, 0.5) is 5.69 Å². The summed E-state index contributed by atoms with van der Waals surface area (Å²) in [4.78, 5) is 35.0. The summed E-state index contributed by atoms with van der Waals surface area (Å²) in [5.41, 5.74) is 0.499. The first kappa shape index (κ1) is 16.2. The predicted octanol–water partition coefficient (Wildman–Crippen LogP) is 0.681. The minimum absolute atomic E-state index is 0.129. The van der Waals surface area contributed by atoms with Crippen molar-refractivity contribution >= 4 is 23.5 Å². The first-order valence-electron chi connectivity index (χ1n) is 6.05. The highest BCUT2D eigenvalue weighted by atomic mass is 16.4. The van der Waals surface area contributed by atoms with Gasteiger partial charge < -0.3 is 20.4 Å². The van der Waals surface area contributed by atoms with E-state index in [1.54, 1.807) is 30.3 Å². The van der Waals surface area contributed by atoms with Gasteiger partial charge in [0.25, 0.3) is 0 Å². The SMILES string of the molecule is C=C(C)C(=O)NC(C(=O)O)N(CC(=O)O)c1ccccc1. The molecule has 112 valence electrons. The van der Waals surface area contributed by atoms with Crippen LogP contribution in [0.3, 0.4) is 0 Å². The lowest BCUT2D eigenvalue weighted by Gasteiger charge is -2.29. The Balaban J connectivity index is 3.12. The van der Waals surface area contributed by atoms with Crippen molar-refractivity contribution in [3.8, 4) is 0 Å². The first-order chi connectivity index (χ1) is 9.82. The maximum Gasteiger partial charge on any atom is 0.347 e. The smallest absolute Gasteiger partial charge is 0.347 e. The maximum absolute atomic E-state index is 11.6. The number of amides is 1. The molecule has 0 aromatic heterocycles. The first-order valence-corrected chi connectivity index (χ1v) is 6.05. The Morgan fingerprint density at radius 3 is 2.24 bits per heavy atom. The van der Waals surface area contributed by atoms with Crippen molar-refractivity contribution in [3.63, 3.8) is 0 Å². The van der Waals surface area contributed by atoms with E-state index in [-0.39, 0.29) is 5.57 Å². The molecule has 0 fully saturated rings. The van der Waals surface area contributed by atoms with Crippen molar-refractivity contribution in [2.45, 2.75) is 13.1 Å². The molecule has 1 rings (SSSR count). The van der Waals surface area contributed by atoms with E-state index < -0.39 is 30.6 Å². The van der Waals surface area contributed by atoms with Crippen LogP contribution in [0.1, 0.15) is 6.92 Å². The highest BCUT2D eigenvalue weighted by Gasteiger charge is 2.29. The Kier molecular flexibility index (Phi) is 5.48. The number of carboxylic acids is 2. The van der Waals surface area contributed by atoms with E-state index in [9.17, 15) is 19.5 Å². The predicted molar refractivity (Wildman–Crippen MR) is 75.8 cm³/mol. The molecule has 7 nitrogen and oxygen atoms in total. The second kappa shape index (κ2) is 7.09. The molecule has 0 radical (unpaired) electrons. The molecule has 1 aromatic rings. The number of carboxylic acid groups (broad SMARTS) is 2. The maximum atomic E-state index is 11.6. The summed E-state index contributed by atoms with van der Waals surface area (Å²) in [7, 11) is 0. The van der Waals surface area contributed by atoms with Crippen molar-refractivity contribution in [2.24, 2.45) is 0 Å². The van der Waals surface area contributed by atoms with Gasteiger partial charge in [0, 0.05) is 11.3 Å². The zero-order chi connectivity index (χ0) is 16.0. The van der Waals surface area contributed by atoms with Crippen molar-refractivity contribution < 1.29 is 24.6 Å². The van der Waals surface area contributed by atoms with Gasteiger partial charge >= 0.3 is 11.9 Å². The molecule has 0 saturated carbocycles. The molecular formula is C14H16N2O5. The minimum Gasteiger partial charge on any atom is -0.480 e. The van der Waals surface area contributed by atoms with Gasteiger partial charge in [0.2, 0.25) is 12.1 Å². The third-order valence-corrected chi connectivity index (χ3v) is 2.59. The molecule has 21 heavy (non-hydrogen) atoms. The average molecular weight is 292 g/mol. The van der Waals surface area contributed by atoms with Crippen LogP contribution in [-0.2, 0) is 14.4 Å². The lowest BCUT2D eigenvalue weighted by Crippen LogP contribution is -2.55. The fourth-order valence-electron chi connectivity index (χ4n) is 1.62. The summed E-state index contributed by atoms with van der Waals surface area (Å²) in [6.45, 7) is 4.28. The third-order valence-electron chi connectivity index (χ3n) is 2.59. The number of hydrogen-bond acceptors (Lipinski definition) is 4. The molecule has 0 aliphatic heterocycles. The molecule has 1 unspecified atom stereocenters. The van der Waals surface area contributed by atoms with Crippen LogP contribution in [0, 0.1) is 0 Å². The number of carbonyl (C=O) groups is 3. The zero-order valence-corrected chi connectivity index (χ0v) is 11.4. The number of rotatable bonds is 7. The molecule has 7 heteroatoms. The molecular weight excluding hydrogens is 276 g/mol. The van der Waals surface area contributed by atoms with Gasteiger partial charge in [-0.25, -0.2) is 4.79 Å². The summed E-state index contributed by atoms with van der Waals surface area (Å²) in [5.74, 6) is -3.24. The Labute approximate surface area is 121 Å². The van der Waals surface area contributed by atoms with Gasteiger partial charge in [0.15, 0.2) is 0 Å². The molecule has 0 saturated heterocycles. The summed E-state index contributed by atoms with van der Waals surface area (Å²) in [6, 6.07) is 8.12. The Morgan fingerprint density at radius 1 is 1.24 bits per heavy atom. The third kappa shape index (κ3) is 4.64. The fourth-order valence-corrected chi connectivity index (χ4v) is 1.62. The molecule has 0 bridgehead atoms. The van der Waals surface area contributed by atoms with Gasteiger partial charge in [0.05, 0.1) is 0 Å². The average Bonchev–Trinajstić information content (AvgIpc) is 2.42. The van der Waals surface area contributed by atoms with Crippen LogP contribution in [-0.4, -0.2) is 40.8 Å². The van der Waals surface area contributed by atoms with Crippen molar-refractivity contribution in [1.29, 1.82) is 0 Å². The minimum atomic E-state index is -1.51. The fraction of sp³-hybridized carbons (Fsp3) is 0.214. The van der Waals surface area contributed by atoms with Crippen LogP contribution < -0.4 is 10.2 Å². The molecule has 0 spiro atoms. The van der Waals surface area contributed by atoms with Crippen molar-refractivity contribution in [1.82, 2.24) is 5.32 Å². The van der Waals surface area contributed by atoms with Gasteiger partial charge in [-0.3, -0.25) is 9.59 Å². The largest absolute Gasteiger partial charge is 0.480 e. The second-order valence-corrected chi connectivity index (χ2v) is 4.35. The molecule has 0 heterocycles. The van der Waals surface area contributed by atoms with E-state index in [1.807, 2.05) is 0 Å².